The minimum Gasteiger partial charge on any atom is -0.483 e. The van der Waals surface area contributed by atoms with E-state index in [1.165, 1.54) is 13.2 Å². The monoisotopic (exact) mass is 353 g/mol. The number of ether oxygens (including phenoxy) is 1. The number of methoxy groups -OCH3 is 1. The molecule has 0 aliphatic heterocycles. The van der Waals surface area contributed by atoms with Crippen LogP contribution in [0, 0.1) is 15.5 Å². The normalized spacial score (nSPS) is 11.6. The summed E-state index contributed by atoms with van der Waals surface area (Å²) in [6.07, 6.45) is 0. The fourth-order valence-corrected chi connectivity index (χ4v) is 2.70. The van der Waals surface area contributed by atoms with Crippen LogP contribution in [0.25, 0.3) is 0 Å². The maximum atomic E-state index is 11.1. The van der Waals surface area contributed by atoms with Crippen molar-refractivity contribution in [1.82, 2.24) is 0 Å². The Morgan fingerprint density at radius 2 is 1.83 bits per heavy atom. The lowest BCUT2D eigenvalue weighted by Crippen LogP contribution is -2.23. The van der Waals surface area contributed by atoms with E-state index in [2.05, 4.69) is 5.32 Å². The highest BCUT2D eigenvalue weighted by molar-refractivity contribution is 6.36. The van der Waals surface area contributed by atoms with Crippen LogP contribution in [0.3, 0.4) is 0 Å². The number of nitro benzene ring substituents is 1. The van der Waals surface area contributed by atoms with Crippen LogP contribution in [0.15, 0.2) is 42.5 Å². The lowest BCUT2D eigenvalue weighted by Gasteiger charge is -2.22. The number of anilines is 1. The van der Waals surface area contributed by atoms with Gasteiger partial charge in [0, 0.05) is 21.7 Å². The van der Waals surface area contributed by atoms with Crippen molar-refractivity contribution in [3.8, 4) is 0 Å². The molecule has 2 aromatic rings. The first-order chi connectivity index (χ1) is 11.0. The Morgan fingerprint density at radius 1 is 1.22 bits per heavy atom. The lowest BCUT2D eigenvalue weighted by molar-refractivity contribution is -0.384. The van der Waals surface area contributed by atoms with Crippen molar-refractivity contribution >= 4 is 40.5 Å². The smallest absolute Gasteiger partial charge is 0.292 e. The Balaban J connectivity index is 2.50. The maximum Gasteiger partial charge on any atom is 0.292 e. The van der Waals surface area contributed by atoms with Gasteiger partial charge in [0.2, 0.25) is 5.90 Å². The molecular weight excluding hydrogens is 341 g/mol. The van der Waals surface area contributed by atoms with E-state index >= 15 is 0 Å². The van der Waals surface area contributed by atoms with Crippen LogP contribution in [0.2, 0.25) is 10.0 Å². The molecule has 0 spiro atoms. The van der Waals surface area contributed by atoms with Gasteiger partial charge in [0.25, 0.3) is 5.69 Å². The van der Waals surface area contributed by atoms with Gasteiger partial charge in [-0.1, -0.05) is 41.4 Å². The van der Waals surface area contributed by atoms with Crippen molar-refractivity contribution in [2.24, 2.45) is 0 Å². The van der Waals surface area contributed by atoms with E-state index in [0.29, 0.717) is 15.6 Å². The third-order valence-corrected chi connectivity index (χ3v) is 3.83. The Hall–Kier alpha value is -2.31. The van der Waals surface area contributed by atoms with Crippen LogP contribution in [0.4, 0.5) is 11.4 Å². The third-order valence-electron chi connectivity index (χ3n) is 3.17. The summed E-state index contributed by atoms with van der Waals surface area (Å²) in [4.78, 5) is 10.6. The molecule has 23 heavy (non-hydrogen) atoms. The SMILES string of the molecule is COC(=N)C(Nc1ccccc1[N+](=O)[O-])c1c(Cl)cccc1Cl. The maximum absolute atomic E-state index is 11.1. The fraction of sp³-hybridized carbons (Fsp3) is 0.133. The van der Waals surface area contributed by atoms with Crippen LogP contribution in [0.5, 0.6) is 0 Å². The number of halogens is 2. The average Bonchev–Trinajstić information content (AvgIpc) is 2.53. The number of hydrogen-bond donors (Lipinski definition) is 2. The molecule has 6 nitrogen and oxygen atoms in total. The summed E-state index contributed by atoms with van der Waals surface area (Å²) in [7, 11) is 1.33. The molecule has 0 amide bonds. The van der Waals surface area contributed by atoms with Crippen LogP contribution >= 0.6 is 23.2 Å². The second kappa shape index (κ2) is 7.30. The van der Waals surface area contributed by atoms with E-state index in [4.69, 9.17) is 33.3 Å². The molecule has 0 saturated carbocycles. The van der Waals surface area contributed by atoms with Gasteiger partial charge in [-0.2, -0.15) is 0 Å². The standard InChI is InChI=1S/C15H13Cl2N3O3/c1-23-15(18)14(13-9(16)5-4-6-10(13)17)19-11-7-2-3-8-12(11)20(21)22/h2-8,14,18-19H,1H3. The Bertz CT molecular complexity index is 732. The molecule has 1 atom stereocenters. The van der Waals surface area contributed by atoms with Gasteiger partial charge in [-0.15, -0.1) is 0 Å². The summed E-state index contributed by atoms with van der Waals surface area (Å²) in [5.41, 5.74) is 0.533. The zero-order valence-electron chi connectivity index (χ0n) is 12.0. The lowest BCUT2D eigenvalue weighted by atomic mass is 10.1. The van der Waals surface area contributed by atoms with Crippen LogP contribution < -0.4 is 5.32 Å². The predicted octanol–water partition coefficient (Wildman–Crippen LogP) is 4.68. The van der Waals surface area contributed by atoms with E-state index in [1.807, 2.05) is 0 Å². The second-order valence-electron chi connectivity index (χ2n) is 4.56. The largest absolute Gasteiger partial charge is 0.483 e. The molecule has 0 bridgehead atoms. The molecule has 1 unspecified atom stereocenters. The molecule has 2 rings (SSSR count). The van der Waals surface area contributed by atoms with Crippen LogP contribution in [0.1, 0.15) is 11.6 Å². The highest BCUT2D eigenvalue weighted by atomic mass is 35.5. The van der Waals surface area contributed by atoms with E-state index < -0.39 is 11.0 Å². The van der Waals surface area contributed by atoms with Gasteiger partial charge in [-0.05, 0) is 18.2 Å². The number of rotatable bonds is 5. The van der Waals surface area contributed by atoms with Gasteiger partial charge in [0.05, 0.1) is 12.0 Å². The number of nitro groups is 1. The van der Waals surface area contributed by atoms with Gasteiger partial charge in [-0.3, -0.25) is 15.5 Å². The Labute approximate surface area is 142 Å². The van der Waals surface area contributed by atoms with E-state index in [-0.39, 0.29) is 17.3 Å². The molecule has 0 saturated heterocycles. The van der Waals surface area contributed by atoms with E-state index in [1.54, 1.807) is 36.4 Å². The zero-order valence-corrected chi connectivity index (χ0v) is 13.6. The Kier molecular flexibility index (Phi) is 5.41. The van der Waals surface area contributed by atoms with Crippen molar-refractivity contribution in [2.45, 2.75) is 6.04 Å². The van der Waals surface area contributed by atoms with Gasteiger partial charge < -0.3 is 10.1 Å². The van der Waals surface area contributed by atoms with E-state index in [0.717, 1.165) is 0 Å². The summed E-state index contributed by atoms with van der Waals surface area (Å²) in [5.74, 6) is -0.168. The molecule has 0 aliphatic rings. The molecule has 120 valence electrons. The molecule has 0 fully saturated rings. The summed E-state index contributed by atoms with van der Waals surface area (Å²) in [6, 6.07) is 10.2. The summed E-state index contributed by atoms with van der Waals surface area (Å²) in [5, 5.41) is 22.7. The highest BCUT2D eigenvalue weighted by Gasteiger charge is 2.26. The minimum atomic E-state index is -0.859. The van der Waals surface area contributed by atoms with Crippen molar-refractivity contribution in [3.63, 3.8) is 0 Å². The third kappa shape index (κ3) is 3.72. The second-order valence-corrected chi connectivity index (χ2v) is 5.37. The zero-order chi connectivity index (χ0) is 17.0. The number of nitrogens with zero attached hydrogens (tertiary/aromatic N) is 1. The van der Waals surface area contributed by atoms with Crippen LogP contribution in [-0.4, -0.2) is 17.9 Å². The number of nitrogens with one attached hydrogen (secondary N) is 2. The first-order valence-corrected chi connectivity index (χ1v) is 7.27. The first kappa shape index (κ1) is 17.1. The molecule has 0 heterocycles. The van der Waals surface area contributed by atoms with Crippen LogP contribution in [-0.2, 0) is 4.74 Å². The molecule has 0 radical (unpaired) electrons. The topological polar surface area (TPSA) is 88.2 Å². The first-order valence-electron chi connectivity index (χ1n) is 6.52. The molecular formula is C15H13Cl2N3O3. The van der Waals surface area contributed by atoms with Crippen molar-refractivity contribution < 1.29 is 9.66 Å². The summed E-state index contributed by atoms with van der Waals surface area (Å²) >= 11 is 12.4. The Morgan fingerprint density at radius 3 is 2.39 bits per heavy atom. The van der Waals surface area contributed by atoms with Gasteiger partial charge in [0.15, 0.2) is 0 Å². The van der Waals surface area contributed by atoms with Crippen molar-refractivity contribution in [1.29, 1.82) is 5.41 Å². The van der Waals surface area contributed by atoms with Gasteiger partial charge in [-0.25, -0.2) is 0 Å². The minimum absolute atomic E-state index is 0.121. The predicted molar refractivity (Wildman–Crippen MR) is 90.7 cm³/mol. The molecule has 0 aromatic heterocycles. The average molecular weight is 354 g/mol. The number of benzene rings is 2. The molecule has 0 aliphatic carbocycles. The highest BCUT2D eigenvalue weighted by Crippen LogP contribution is 2.35. The number of para-hydroxylation sites is 2. The van der Waals surface area contributed by atoms with Gasteiger partial charge in [0.1, 0.15) is 11.7 Å². The summed E-state index contributed by atoms with van der Waals surface area (Å²) in [6.45, 7) is 0. The molecule has 2 N–H and O–H groups in total. The van der Waals surface area contributed by atoms with Crippen molar-refractivity contribution in [3.05, 3.63) is 68.2 Å². The van der Waals surface area contributed by atoms with Crippen molar-refractivity contribution in [2.75, 3.05) is 12.4 Å². The van der Waals surface area contributed by atoms with E-state index in [9.17, 15) is 10.1 Å². The molecule has 8 heteroatoms. The molecule has 2 aromatic carbocycles. The van der Waals surface area contributed by atoms with Gasteiger partial charge >= 0.3 is 0 Å². The number of hydrogen-bond acceptors (Lipinski definition) is 5. The quantitative estimate of drug-likeness (QED) is 0.353. The fourth-order valence-electron chi connectivity index (χ4n) is 2.08. The summed E-state index contributed by atoms with van der Waals surface area (Å²) < 4.78 is 4.98.